The number of rotatable bonds is 11. The highest BCUT2D eigenvalue weighted by Crippen LogP contribution is 2.38. The third-order valence-electron chi connectivity index (χ3n) is 6.95. The molecule has 214 valence electrons. The first-order valence-electron chi connectivity index (χ1n) is 13.6. The number of para-hydroxylation sites is 3. The highest BCUT2D eigenvalue weighted by atomic mass is 16.5. The van der Waals surface area contributed by atoms with Crippen LogP contribution in [-0.4, -0.2) is 64.9 Å². The van der Waals surface area contributed by atoms with E-state index in [0.717, 1.165) is 12.8 Å². The fraction of sp³-hybridized carbons (Fsp3) is 0.333. The Morgan fingerprint density at radius 2 is 1.95 bits per heavy atom. The summed E-state index contributed by atoms with van der Waals surface area (Å²) in [7, 11) is 1.51. The van der Waals surface area contributed by atoms with Gasteiger partial charge in [-0.05, 0) is 61.7 Å². The van der Waals surface area contributed by atoms with Crippen LogP contribution in [0.4, 0.5) is 5.69 Å². The molecule has 1 saturated heterocycles. The lowest BCUT2D eigenvalue weighted by Gasteiger charge is -2.33. The topological polar surface area (TPSA) is 128 Å². The molecule has 2 atom stereocenters. The zero-order valence-corrected chi connectivity index (χ0v) is 23.0. The summed E-state index contributed by atoms with van der Waals surface area (Å²) >= 11 is 0. The monoisotopic (exact) mass is 559 g/mol. The molecule has 1 aliphatic rings. The minimum atomic E-state index is -1.14. The maximum atomic E-state index is 14.3. The molecule has 0 unspecified atom stereocenters. The fourth-order valence-electron chi connectivity index (χ4n) is 4.99. The number of nitrogens with zero attached hydrogens (tertiary/aromatic N) is 4. The molecule has 2 amide bonds. The maximum Gasteiger partial charge on any atom is 0.249 e. The van der Waals surface area contributed by atoms with E-state index in [1.54, 1.807) is 43.3 Å². The van der Waals surface area contributed by atoms with Gasteiger partial charge in [0.25, 0.3) is 0 Å². The van der Waals surface area contributed by atoms with Gasteiger partial charge in [0, 0.05) is 13.2 Å². The normalized spacial score (nSPS) is 15.4. The Morgan fingerprint density at radius 3 is 2.73 bits per heavy atom. The molecule has 5 rings (SSSR count). The molecule has 1 aromatic heterocycles. The highest BCUT2D eigenvalue weighted by Gasteiger charge is 2.36. The first kappa shape index (κ1) is 27.9. The van der Waals surface area contributed by atoms with Crippen LogP contribution >= 0.6 is 0 Å². The second-order valence-electron chi connectivity index (χ2n) is 9.61. The number of nitrogens with one attached hydrogen (secondary N) is 1. The number of hydrogen-bond acceptors (Lipinski definition) is 8. The van der Waals surface area contributed by atoms with E-state index in [4.69, 9.17) is 14.2 Å². The van der Waals surface area contributed by atoms with Crippen LogP contribution in [0.2, 0.25) is 0 Å². The summed E-state index contributed by atoms with van der Waals surface area (Å²) in [4.78, 5) is 29.7. The lowest BCUT2D eigenvalue weighted by atomic mass is 10.0. The van der Waals surface area contributed by atoms with E-state index in [-0.39, 0.29) is 24.1 Å². The van der Waals surface area contributed by atoms with Crippen LogP contribution in [0.25, 0.3) is 11.0 Å². The van der Waals surface area contributed by atoms with Gasteiger partial charge in [-0.1, -0.05) is 35.5 Å². The van der Waals surface area contributed by atoms with Crippen molar-refractivity contribution in [2.75, 3.05) is 31.8 Å². The van der Waals surface area contributed by atoms with Crippen molar-refractivity contribution in [1.29, 1.82) is 0 Å². The van der Waals surface area contributed by atoms with Gasteiger partial charge in [0.2, 0.25) is 11.8 Å². The minimum absolute atomic E-state index is 0.0710. The fourth-order valence-corrected chi connectivity index (χ4v) is 4.99. The van der Waals surface area contributed by atoms with Crippen LogP contribution < -0.4 is 19.7 Å². The van der Waals surface area contributed by atoms with Gasteiger partial charge >= 0.3 is 0 Å². The van der Waals surface area contributed by atoms with Gasteiger partial charge in [-0.25, -0.2) is 4.68 Å². The van der Waals surface area contributed by atoms with E-state index in [1.165, 1.54) is 22.8 Å². The Labute approximate surface area is 237 Å². The van der Waals surface area contributed by atoms with Crippen molar-refractivity contribution in [2.45, 2.75) is 38.5 Å². The van der Waals surface area contributed by atoms with Gasteiger partial charge in [-0.2, -0.15) is 0 Å². The second kappa shape index (κ2) is 12.7. The average Bonchev–Trinajstić information content (AvgIpc) is 3.66. The summed E-state index contributed by atoms with van der Waals surface area (Å²) in [6, 6.07) is 17.8. The molecule has 0 saturated carbocycles. The lowest BCUT2D eigenvalue weighted by molar-refractivity contribution is -0.127. The van der Waals surface area contributed by atoms with Gasteiger partial charge in [0.05, 0.1) is 31.0 Å². The van der Waals surface area contributed by atoms with E-state index < -0.39 is 17.9 Å². The van der Waals surface area contributed by atoms with E-state index in [2.05, 4.69) is 15.6 Å². The number of anilines is 1. The Morgan fingerprint density at radius 1 is 1.15 bits per heavy atom. The second-order valence-corrected chi connectivity index (χ2v) is 9.61. The number of phenols is 1. The van der Waals surface area contributed by atoms with Crippen molar-refractivity contribution >= 4 is 28.5 Å². The Hall–Kier alpha value is -4.64. The number of hydrogen-bond donors (Lipinski definition) is 2. The van der Waals surface area contributed by atoms with E-state index in [0.29, 0.717) is 47.8 Å². The number of phenolic OH excluding ortho intramolecular Hbond substituents is 1. The molecule has 2 heterocycles. The van der Waals surface area contributed by atoms with Crippen molar-refractivity contribution in [1.82, 2.24) is 20.3 Å². The Kier molecular flexibility index (Phi) is 8.64. The lowest BCUT2D eigenvalue weighted by Crippen LogP contribution is -2.46. The molecule has 1 aliphatic heterocycles. The smallest absolute Gasteiger partial charge is 0.249 e. The van der Waals surface area contributed by atoms with Gasteiger partial charge in [0.1, 0.15) is 23.9 Å². The maximum absolute atomic E-state index is 14.3. The molecule has 2 N–H and O–H groups in total. The molecule has 3 aromatic carbocycles. The van der Waals surface area contributed by atoms with Crippen LogP contribution in [0.5, 0.6) is 17.2 Å². The van der Waals surface area contributed by atoms with E-state index >= 15 is 0 Å². The number of benzene rings is 3. The molecule has 0 bridgehead atoms. The molecule has 11 heteroatoms. The number of fused-ring (bicyclic) bond motifs is 1. The van der Waals surface area contributed by atoms with Crippen molar-refractivity contribution < 1.29 is 28.9 Å². The van der Waals surface area contributed by atoms with Crippen molar-refractivity contribution in [3.63, 3.8) is 0 Å². The summed E-state index contributed by atoms with van der Waals surface area (Å²) in [5, 5.41) is 21.7. The minimum Gasteiger partial charge on any atom is -0.504 e. The molecule has 0 radical (unpaired) electrons. The highest BCUT2D eigenvalue weighted by molar-refractivity contribution is 6.02. The zero-order chi connectivity index (χ0) is 28.8. The van der Waals surface area contributed by atoms with Gasteiger partial charge in [-0.15, -0.1) is 5.10 Å². The SMILES string of the molecule is CCOc1cc([C@@H](C(=O)NC[C@@H]2CCCO2)N(C(=O)Cn2nnc3ccccc32)c2ccccc2OC)ccc1O. The molecular formula is C30H33N5O6. The molecule has 41 heavy (non-hydrogen) atoms. The largest absolute Gasteiger partial charge is 0.504 e. The number of amides is 2. The van der Waals surface area contributed by atoms with E-state index in [9.17, 15) is 14.7 Å². The summed E-state index contributed by atoms with van der Waals surface area (Å²) in [6.45, 7) is 2.86. The molecule has 11 nitrogen and oxygen atoms in total. The third kappa shape index (κ3) is 6.09. The predicted octanol–water partition coefficient (Wildman–Crippen LogP) is 3.61. The number of carbonyl (C=O) groups is 2. The summed E-state index contributed by atoms with van der Waals surface area (Å²) < 4.78 is 18.5. The Balaban J connectivity index is 1.60. The predicted molar refractivity (Wildman–Crippen MR) is 152 cm³/mol. The van der Waals surface area contributed by atoms with Crippen molar-refractivity contribution in [3.8, 4) is 17.2 Å². The van der Waals surface area contributed by atoms with Gasteiger partial charge < -0.3 is 24.6 Å². The molecule has 4 aromatic rings. The summed E-state index contributed by atoms with van der Waals surface area (Å²) in [6.07, 6.45) is 1.67. The number of aromatic nitrogens is 3. The van der Waals surface area contributed by atoms with Gasteiger partial charge in [-0.3, -0.25) is 14.5 Å². The molecule has 0 aliphatic carbocycles. The number of methoxy groups -OCH3 is 1. The summed E-state index contributed by atoms with van der Waals surface area (Å²) in [5.74, 6) is -0.301. The third-order valence-corrected chi connectivity index (χ3v) is 6.95. The van der Waals surface area contributed by atoms with E-state index in [1.807, 2.05) is 24.3 Å². The first-order chi connectivity index (χ1) is 20.0. The number of ether oxygens (including phenoxy) is 3. The van der Waals surface area contributed by atoms with Crippen molar-refractivity contribution in [3.05, 3.63) is 72.3 Å². The van der Waals surface area contributed by atoms with Crippen molar-refractivity contribution in [2.24, 2.45) is 0 Å². The quantitative estimate of drug-likeness (QED) is 0.285. The zero-order valence-electron chi connectivity index (χ0n) is 23.0. The van der Waals surface area contributed by atoms with Crippen LogP contribution in [-0.2, 0) is 20.9 Å². The van der Waals surface area contributed by atoms with Crippen LogP contribution in [0.1, 0.15) is 31.4 Å². The number of aromatic hydroxyl groups is 1. The average molecular weight is 560 g/mol. The van der Waals surface area contributed by atoms with Crippen LogP contribution in [0.3, 0.4) is 0 Å². The van der Waals surface area contributed by atoms with Gasteiger partial charge in [0.15, 0.2) is 11.5 Å². The molecule has 0 spiro atoms. The van der Waals surface area contributed by atoms with Crippen LogP contribution in [0.15, 0.2) is 66.7 Å². The van der Waals surface area contributed by atoms with Crippen LogP contribution in [0, 0.1) is 0 Å². The number of carbonyl (C=O) groups excluding carboxylic acids is 2. The summed E-state index contributed by atoms with van der Waals surface area (Å²) in [5.41, 5.74) is 2.17. The Bertz CT molecular complexity index is 1520. The molecule has 1 fully saturated rings. The first-order valence-corrected chi connectivity index (χ1v) is 13.6. The molecular weight excluding hydrogens is 526 g/mol. The standard InChI is InChI=1S/C30H33N5O6/c1-3-40-27-17-20(14-15-25(27)36)29(30(38)31-18-21-9-8-16-41-21)35(24-12-6-7-13-26(24)39-2)28(37)19-34-23-11-5-4-10-22(23)32-33-34/h4-7,10-15,17,21,29,36H,3,8-9,16,18-19H2,1-2H3,(H,31,38)/t21-,29-/m0/s1.